The SMILES string of the molecule is COCCCN1C(=O)C(=O)/C(=C(/O)c2cc(C)c(OC)cc2C)C1c1ccncc1. The van der Waals surface area contributed by atoms with Crippen LogP contribution in [0.4, 0.5) is 0 Å². The van der Waals surface area contributed by atoms with E-state index in [1.165, 1.54) is 4.90 Å². The number of carbonyl (C=O) groups excluding carboxylic acids is 2. The van der Waals surface area contributed by atoms with Gasteiger partial charge in [-0.1, -0.05) is 0 Å². The number of hydrogen-bond donors (Lipinski definition) is 1. The Kier molecular flexibility index (Phi) is 6.52. The highest BCUT2D eigenvalue weighted by molar-refractivity contribution is 6.46. The van der Waals surface area contributed by atoms with Crippen molar-refractivity contribution in [3.8, 4) is 5.75 Å². The summed E-state index contributed by atoms with van der Waals surface area (Å²) in [6.45, 7) is 4.48. The number of benzene rings is 1. The van der Waals surface area contributed by atoms with Gasteiger partial charge in [-0.05, 0) is 61.2 Å². The Morgan fingerprint density at radius 1 is 1.13 bits per heavy atom. The van der Waals surface area contributed by atoms with Crippen LogP contribution < -0.4 is 4.74 Å². The molecule has 0 bridgehead atoms. The summed E-state index contributed by atoms with van der Waals surface area (Å²) >= 11 is 0. The number of ketones is 1. The molecule has 30 heavy (non-hydrogen) atoms. The number of amides is 1. The molecule has 1 aliphatic rings. The van der Waals surface area contributed by atoms with E-state index in [4.69, 9.17) is 9.47 Å². The summed E-state index contributed by atoms with van der Waals surface area (Å²) in [4.78, 5) is 31.3. The number of methoxy groups -OCH3 is 2. The molecule has 0 aliphatic carbocycles. The van der Waals surface area contributed by atoms with Crippen molar-refractivity contribution < 1.29 is 24.2 Å². The molecule has 158 valence electrons. The van der Waals surface area contributed by atoms with Crippen molar-refractivity contribution in [1.29, 1.82) is 0 Å². The Bertz CT molecular complexity index is 985. The maximum atomic E-state index is 13.0. The lowest BCUT2D eigenvalue weighted by atomic mass is 9.93. The normalized spacial score (nSPS) is 18.1. The Labute approximate surface area is 175 Å². The molecule has 1 unspecified atom stereocenters. The van der Waals surface area contributed by atoms with E-state index in [9.17, 15) is 14.7 Å². The fourth-order valence-electron chi connectivity index (χ4n) is 3.79. The van der Waals surface area contributed by atoms with E-state index < -0.39 is 17.7 Å². The summed E-state index contributed by atoms with van der Waals surface area (Å²) < 4.78 is 10.4. The van der Waals surface area contributed by atoms with Gasteiger partial charge in [-0.15, -0.1) is 0 Å². The quantitative estimate of drug-likeness (QED) is 0.326. The van der Waals surface area contributed by atoms with Crippen LogP contribution in [0.1, 0.15) is 34.7 Å². The molecule has 1 aromatic heterocycles. The third kappa shape index (κ3) is 3.93. The molecule has 1 N–H and O–H groups in total. The van der Waals surface area contributed by atoms with E-state index in [2.05, 4.69) is 4.98 Å². The minimum atomic E-state index is -0.695. The number of carbonyl (C=O) groups is 2. The number of aromatic nitrogens is 1. The van der Waals surface area contributed by atoms with Crippen LogP contribution in [-0.2, 0) is 14.3 Å². The zero-order chi connectivity index (χ0) is 21.8. The molecule has 3 rings (SSSR count). The molecule has 0 spiro atoms. The van der Waals surface area contributed by atoms with E-state index >= 15 is 0 Å². The highest BCUT2D eigenvalue weighted by Gasteiger charge is 2.45. The molecule has 1 saturated heterocycles. The smallest absolute Gasteiger partial charge is 0.295 e. The first kappa shape index (κ1) is 21.5. The first-order valence-corrected chi connectivity index (χ1v) is 9.73. The zero-order valence-corrected chi connectivity index (χ0v) is 17.6. The van der Waals surface area contributed by atoms with Crippen molar-refractivity contribution in [3.63, 3.8) is 0 Å². The van der Waals surface area contributed by atoms with Crippen LogP contribution in [0.2, 0.25) is 0 Å². The van der Waals surface area contributed by atoms with Crippen LogP contribution in [0.25, 0.3) is 5.76 Å². The second kappa shape index (κ2) is 9.09. The molecule has 1 aliphatic heterocycles. The summed E-state index contributed by atoms with van der Waals surface area (Å²) in [5, 5.41) is 11.2. The van der Waals surface area contributed by atoms with Gasteiger partial charge in [-0.25, -0.2) is 0 Å². The van der Waals surface area contributed by atoms with Crippen LogP contribution in [-0.4, -0.2) is 54.1 Å². The van der Waals surface area contributed by atoms with E-state index in [-0.39, 0.29) is 11.3 Å². The number of Topliss-reactive ketones (excluding diaryl/α,β-unsaturated/α-hetero) is 1. The number of rotatable bonds is 7. The number of hydrogen-bond acceptors (Lipinski definition) is 6. The molecule has 0 radical (unpaired) electrons. The van der Waals surface area contributed by atoms with Crippen LogP contribution in [0.3, 0.4) is 0 Å². The van der Waals surface area contributed by atoms with Gasteiger partial charge in [-0.2, -0.15) is 0 Å². The molecule has 2 aromatic rings. The monoisotopic (exact) mass is 410 g/mol. The van der Waals surface area contributed by atoms with Crippen molar-refractivity contribution in [1.82, 2.24) is 9.88 Å². The van der Waals surface area contributed by atoms with Crippen molar-refractivity contribution in [2.45, 2.75) is 26.3 Å². The third-order valence-electron chi connectivity index (χ3n) is 5.31. The number of nitrogens with zero attached hydrogens (tertiary/aromatic N) is 2. The van der Waals surface area contributed by atoms with Crippen LogP contribution in [0, 0.1) is 13.8 Å². The lowest BCUT2D eigenvalue weighted by Crippen LogP contribution is -2.31. The highest BCUT2D eigenvalue weighted by atomic mass is 16.5. The molecule has 1 atom stereocenters. The molecule has 7 heteroatoms. The number of aliphatic hydroxyl groups excluding tert-OH is 1. The summed E-state index contributed by atoms with van der Waals surface area (Å²) in [6, 6.07) is 6.39. The molecule has 7 nitrogen and oxygen atoms in total. The van der Waals surface area contributed by atoms with Crippen molar-refractivity contribution >= 4 is 17.4 Å². The van der Waals surface area contributed by atoms with Gasteiger partial charge >= 0.3 is 0 Å². The Morgan fingerprint density at radius 2 is 1.83 bits per heavy atom. The molecular weight excluding hydrogens is 384 g/mol. The van der Waals surface area contributed by atoms with Gasteiger partial charge in [0.1, 0.15) is 11.5 Å². The fourth-order valence-corrected chi connectivity index (χ4v) is 3.79. The predicted octanol–water partition coefficient (Wildman–Crippen LogP) is 3.17. The average molecular weight is 410 g/mol. The van der Waals surface area contributed by atoms with Gasteiger partial charge < -0.3 is 19.5 Å². The minimum Gasteiger partial charge on any atom is -0.507 e. The summed E-state index contributed by atoms with van der Waals surface area (Å²) in [5.74, 6) is -0.820. The van der Waals surface area contributed by atoms with Crippen LogP contribution >= 0.6 is 0 Å². The predicted molar refractivity (Wildman–Crippen MR) is 112 cm³/mol. The number of aliphatic hydroxyl groups is 1. The summed E-state index contributed by atoms with van der Waals surface area (Å²) in [5.41, 5.74) is 2.86. The number of pyridine rings is 1. The topological polar surface area (TPSA) is 89.0 Å². The van der Waals surface area contributed by atoms with Crippen LogP contribution in [0.5, 0.6) is 5.75 Å². The summed E-state index contributed by atoms with van der Waals surface area (Å²) in [7, 11) is 3.17. The maximum Gasteiger partial charge on any atom is 0.295 e. The van der Waals surface area contributed by atoms with Gasteiger partial charge in [0.05, 0.1) is 18.7 Å². The van der Waals surface area contributed by atoms with Gasteiger partial charge in [0.15, 0.2) is 0 Å². The lowest BCUT2D eigenvalue weighted by Gasteiger charge is -2.25. The van der Waals surface area contributed by atoms with Crippen molar-refractivity contribution in [2.75, 3.05) is 27.4 Å². The third-order valence-corrected chi connectivity index (χ3v) is 5.31. The van der Waals surface area contributed by atoms with Gasteiger partial charge in [0.25, 0.3) is 11.7 Å². The molecule has 1 amide bonds. The number of aryl methyl sites for hydroxylation is 2. The maximum absolute atomic E-state index is 13.0. The molecular formula is C23H26N2O5. The number of likely N-dealkylation sites (tertiary alicyclic amines) is 1. The van der Waals surface area contributed by atoms with E-state index in [1.807, 2.05) is 13.8 Å². The second-order valence-electron chi connectivity index (χ2n) is 7.26. The van der Waals surface area contributed by atoms with E-state index in [0.29, 0.717) is 36.4 Å². The van der Waals surface area contributed by atoms with Gasteiger partial charge in [0.2, 0.25) is 0 Å². The molecule has 1 aromatic carbocycles. The Balaban J connectivity index is 2.16. The first-order chi connectivity index (χ1) is 14.4. The Hall–Kier alpha value is -3.19. The lowest BCUT2D eigenvalue weighted by molar-refractivity contribution is -0.140. The molecule has 2 heterocycles. The van der Waals surface area contributed by atoms with Gasteiger partial charge in [-0.3, -0.25) is 14.6 Å². The van der Waals surface area contributed by atoms with Gasteiger partial charge in [0, 0.05) is 38.2 Å². The molecule has 1 fully saturated rings. The van der Waals surface area contributed by atoms with E-state index in [0.717, 1.165) is 11.1 Å². The van der Waals surface area contributed by atoms with Crippen molar-refractivity contribution in [3.05, 3.63) is 64.5 Å². The Morgan fingerprint density at radius 3 is 2.47 bits per heavy atom. The molecule has 0 saturated carbocycles. The zero-order valence-electron chi connectivity index (χ0n) is 17.6. The largest absolute Gasteiger partial charge is 0.507 e. The van der Waals surface area contributed by atoms with Crippen molar-refractivity contribution in [2.24, 2.45) is 0 Å². The van der Waals surface area contributed by atoms with E-state index in [1.54, 1.807) is 50.9 Å². The summed E-state index contributed by atoms with van der Waals surface area (Å²) in [6.07, 6.45) is 3.78. The minimum absolute atomic E-state index is 0.0799. The number of ether oxygens (including phenoxy) is 2. The standard InChI is InChI=1S/C23H26N2O5/c1-14-13-18(30-4)15(2)12-17(14)21(26)19-20(16-6-8-24-9-7-16)25(10-5-11-29-3)23(28)22(19)27/h6-9,12-13,20,26H,5,10-11H2,1-4H3/b21-19+. The second-order valence-corrected chi connectivity index (χ2v) is 7.26. The average Bonchev–Trinajstić information content (AvgIpc) is 3.00. The first-order valence-electron chi connectivity index (χ1n) is 9.73. The fraction of sp³-hybridized carbons (Fsp3) is 0.348. The van der Waals surface area contributed by atoms with Crippen LogP contribution in [0.15, 0.2) is 42.2 Å². The highest BCUT2D eigenvalue weighted by Crippen LogP contribution is 2.40.